The number of ether oxygens (including phenoxy) is 1. The van der Waals surface area contributed by atoms with Crippen molar-refractivity contribution in [2.45, 2.75) is 33.1 Å². The summed E-state index contributed by atoms with van der Waals surface area (Å²) in [5.74, 6) is 1.06. The molecule has 20 heavy (non-hydrogen) atoms. The molecule has 0 aliphatic rings. The van der Waals surface area contributed by atoms with E-state index < -0.39 is 0 Å². The fourth-order valence-electron chi connectivity index (χ4n) is 1.86. The van der Waals surface area contributed by atoms with Crippen LogP contribution in [0.1, 0.15) is 33.1 Å². The van der Waals surface area contributed by atoms with Gasteiger partial charge in [-0.25, -0.2) is 0 Å². The number of unbranched alkanes of at least 4 members (excludes halogenated alkanes) is 1. The van der Waals surface area contributed by atoms with Crippen LogP contribution in [0.15, 0.2) is 24.3 Å². The summed E-state index contributed by atoms with van der Waals surface area (Å²) >= 11 is 0. The molecule has 112 valence electrons. The van der Waals surface area contributed by atoms with E-state index in [0.29, 0.717) is 19.6 Å². The maximum Gasteiger partial charge on any atom is 0.224 e. The molecule has 0 heterocycles. The maximum absolute atomic E-state index is 11.8. The predicted octanol–water partition coefficient (Wildman–Crippen LogP) is 3.15. The van der Waals surface area contributed by atoms with E-state index in [1.807, 2.05) is 43.1 Å². The average molecular weight is 278 g/mol. The molecule has 0 aromatic heterocycles. The Labute approximate surface area is 122 Å². The number of carbonyl (C=O) groups excluding carboxylic acids is 1. The van der Waals surface area contributed by atoms with E-state index in [4.69, 9.17) is 4.74 Å². The van der Waals surface area contributed by atoms with Crippen LogP contribution in [0.3, 0.4) is 0 Å². The van der Waals surface area contributed by atoms with Crippen molar-refractivity contribution in [1.82, 2.24) is 4.90 Å². The van der Waals surface area contributed by atoms with E-state index in [-0.39, 0.29) is 5.91 Å². The number of hydrogen-bond acceptors (Lipinski definition) is 3. The quantitative estimate of drug-likeness (QED) is 0.754. The minimum atomic E-state index is 0.192. The van der Waals surface area contributed by atoms with Gasteiger partial charge in [-0.05, 0) is 37.6 Å². The van der Waals surface area contributed by atoms with E-state index in [1.165, 1.54) is 0 Å². The van der Waals surface area contributed by atoms with Crippen molar-refractivity contribution in [2.24, 2.45) is 0 Å². The smallest absolute Gasteiger partial charge is 0.224 e. The Balaban J connectivity index is 2.27. The van der Waals surface area contributed by atoms with Crippen molar-refractivity contribution >= 4 is 11.6 Å². The molecule has 4 nitrogen and oxygen atoms in total. The Kier molecular flexibility index (Phi) is 7.55. The van der Waals surface area contributed by atoms with Crippen LogP contribution in [-0.2, 0) is 4.79 Å². The molecule has 1 aromatic rings. The average Bonchev–Trinajstić information content (AvgIpc) is 2.46. The lowest BCUT2D eigenvalue weighted by atomic mass is 10.2. The topological polar surface area (TPSA) is 41.6 Å². The van der Waals surface area contributed by atoms with Crippen LogP contribution in [0.25, 0.3) is 0 Å². The van der Waals surface area contributed by atoms with Gasteiger partial charge >= 0.3 is 0 Å². The SMILES string of the molecule is CCCCN(C)C(=O)CCNc1ccc(OCC)cc1. The summed E-state index contributed by atoms with van der Waals surface area (Å²) in [7, 11) is 1.87. The van der Waals surface area contributed by atoms with Crippen molar-refractivity contribution < 1.29 is 9.53 Å². The van der Waals surface area contributed by atoms with Gasteiger partial charge in [-0.1, -0.05) is 13.3 Å². The number of amides is 1. The zero-order chi connectivity index (χ0) is 14.8. The van der Waals surface area contributed by atoms with Gasteiger partial charge in [0.2, 0.25) is 5.91 Å². The molecule has 1 N–H and O–H groups in total. The third kappa shape index (κ3) is 5.95. The van der Waals surface area contributed by atoms with Gasteiger partial charge in [-0.2, -0.15) is 0 Å². The van der Waals surface area contributed by atoms with E-state index in [9.17, 15) is 4.79 Å². The minimum Gasteiger partial charge on any atom is -0.494 e. The molecule has 4 heteroatoms. The van der Waals surface area contributed by atoms with Crippen molar-refractivity contribution in [3.8, 4) is 5.75 Å². The monoisotopic (exact) mass is 278 g/mol. The lowest BCUT2D eigenvalue weighted by Gasteiger charge is -2.17. The Hall–Kier alpha value is -1.71. The van der Waals surface area contributed by atoms with Crippen LogP contribution in [0, 0.1) is 0 Å². The molecule has 0 aliphatic carbocycles. The first-order valence-electron chi connectivity index (χ1n) is 7.38. The third-order valence-corrected chi connectivity index (χ3v) is 3.11. The molecule has 1 aromatic carbocycles. The van der Waals surface area contributed by atoms with E-state index in [1.54, 1.807) is 0 Å². The van der Waals surface area contributed by atoms with Crippen molar-refractivity contribution in [3.63, 3.8) is 0 Å². The number of carbonyl (C=O) groups is 1. The minimum absolute atomic E-state index is 0.192. The Bertz CT molecular complexity index is 390. The number of benzene rings is 1. The standard InChI is InChI=1S/C16H26N2O2/c1-4-6-13-18(3)16(19)11-12-17-14-7-9-15(10-8-14)20-5-2/h7-10,17H,4-6,11-13H2,1-3H3. The molecule has 0 bridgehead atoms. The highest BCUT2D eigenvalue weighted by Crippen LogP contribution is 2.15. The van der Waals surface area contributed by atoms with Crippen LogP contribution >= 0.6 is 0 Å². The first-order valence-corrected chi connectivity index (χ1v) is 7.38. The second kappa shape index (κ2) is 9.23. The van der Waals surface area contributed by atoms with Crippen LogP contribution in [0.4, 0.5) is 5.69 Å². The maximum atomic E-state index is 11.8. The van der Waals surface area contributed by atoms with E-state index in [2.05, 4.69) is 12.2 Å². The largest absolute Gasteiger partial charge is 0.494 e. The van der Waals surface area contributed by atoms with Crippen molar-refractivity contribution in [3.05, 3.63) is 24.3 Å². The number of nitrogens with one attached hydrogen (secondary N) is 1. The highest BCUT2D eigenvalue weighted by atomic mass is 16.5. The summed E-state index contributed by atoms with van der Waals surface area (Å²) in [6.45, 7) is 6.27. The summed E-state index contributed by atoms with van der Waals surface area (Å²) in [6.07, 6.45) is 2.70. The highest BCUT2D eigenvalue weighted by molar-refractivity contribution is 5.76. The van der Waals surface area contributed by atoms with Crippen LogP contribution in [0.5, 0.6) is 5.75 Å². The number of rotatable bonds is 9. The number of nitrogens with zero attached hydrogens (tertiary/aromatic N) is 1. The second-order valence-corrected chi connectivity index (χ2v) is 4.80. The molecule has 0 saturated carbocycles. The van der Waals surface area contributed by atoms with Crippen LogP contribution < -0.4 is 10.1 Å². The van der Waals surface area contributed by atoms with Gasteiger partial charge in [0.1, 0.15) is 5.75 Å². The molecule has 0 saturated heterocycles. The van der Waals surface area contributed by atoms with Gasteiger partial charge in [-0.15, -0.1) is 0 Å². The summed E-state index contributed by atoms with van der Waals surface area (Å²) in [5.41, 5.74) is 1.01. The van der Waals surface area contributed by atoms with Crippen LogP contribution in [0.2, 0.25) is 0 Å². The second-order valence-electron chi connectivity index (χ2n) is 4.80. The lowest BCUT2D eigenvalue weighted by Crippen LogP contribution is -2.29. The zero-order valence-electron chi connectivity index (χ0n) is 12.8. The van der Waals surface area contributed by atoms with E-state index >= 15 is 0 Å². The molecule has 1 rings (SSSR count). The van der Waals surface area contributed by atoms with Crippen molar-refractivity contribution in [1.29, 1.82) is 0 Å². The molecule has 1 amide bonds. The van der Waals surface area contributed by atoms with Gasteiger partial charge < -0.3 is 15.0 Å². The van der Waals surface area contributed by atoms with Gasteiger partial charge in [0, 0.05) is 32.2 Å². The number of anilines is 1. The summed E-state index contributed by atoms with van der Waals surface area (Å²) in [4.78, 5) is 13.7. The molecular weight excluding hydrogens is 252 g/mol. The third-order valence-electron chi connectivity index (χ3n) is 3.11. The predicted molar refractivity (Wildman–Crippen MR) is 83.3 cm³/mol. The molecule has 0 aliphatic heterocycles. The van der Waals surface area contributed by atoms with Gasteiger partial charge in [0.25, 0.3) is 0 Å². The molecule has 0 radical (unpaired) electrons. The first-order chi connectivity index (χ1) is 9.67. The number of hydrogen-bond donors (Lipinski definition) is 1. The van der Waals surface area contributed by atoms with Gasteiger partial charge in [0.15, 0.2) is 0 Å². The van der Waals surface area contributed by atoms with Gasteiger partial charge in [-0.3, -0.25) is 4.79 Å². The molecule has 0 unspecified atom stereocenters. The Morgan fingerprint density at radius 2 is 1.95 bits per heavy atom. The Morgan fingerprint density at radius 3 is 2.55 bits per heavy atom. The first kappa shape index (κ1) is 16.3. The normalized spacial score (nSPS) is 10.2. The van der Waals surface area contributed by atoms with E-state index in [0.717, 1.165) is 30.8 Å². The zero-order valence-corrected chi connectivity index (χ0v) is 12.8. The van der Waals surface area contributed by atoms with Gasteiger partial charge in [0.05, 0.1) is 6.61 Å². The Morgan fingerprint density at radius 1 is 1.25 bits per heavy atom. The van der Waals surface area contributed by atoms with Crippen LogP contribution in [-0.4, -0.2) is 37.6 Å². The summed E-state index contributed by atoms with van der Waals surface area (Å²) in [5, 5.41) is 3.25. The summed E-state index contributed by atoms with van der Waals surface area (Å²) < 4.78 is 5.38. The fraction of sp³-hybridized carbons (Fsp3) is 0.562. The molecular formula is C16H26N2O2. The molecule has 0 fully saturated rings. The fourth-order valence-corrected chi connectivity index (χ4v) is 1.86. The molecule has 0 spiro atoms. The van der Waals surface area contributed by atoms with Crippen molar-refractivity contribution in [2.75, 3.05) is 32.1 Å². The lowest BCUT2D eigenvalue weighted by molar-refractivity contribution is -0.129. The summed E-state index contributed by atoms with van der Waals surface area (Å²) in [6, 6.07) is 7.80. The molecule has 0 atom stereocenters. The highest BCUT2D eigenvalue weighted by Gasteiger charge is 2.07.